The third kappa shape index (κ3) is 3.70. The fourth-order valence-corrected chi connectivity index (χ4v) is 2.57. The number of nitrogens with zero attached hydrogens (tertiary/aromatic N) is 3. The Balaban J connectivity index is 1.49. The lowest BCUT2D eigenvalue weighted by atomic mass is 10.1. The molecule has 5 heteroatoms. The quantitative estimate of drug-likeness (QED) is 0.933. The first-order valence-corrected chi connectivity index (χ1v) is 7.29. The van der Waals surface area contributed by atoms with Crippen LogP contribution in [0.15, 0.2) is 42.7 Å². The van der Waals surface area contributed by atoms with Gasteiger partial charge < -0.3 is 15.4 Å². The minimum absolute atomic E-state index is 0.320. The summed E-state index contributed by atoms with van der Waals surface area (Å²) in [5.41, 5.74) is 6.93. The summed E-state index contributed by atoms with van der Waals surface area (Å²) in [5, 5.41) is 0. The molecule has 2 aromatic rings. The zero-order valence-corrected chi connectivity index (χ0v) is 12.0. The van der Waals surface area contributed by atoms with Crippen LogP contribution in [0, 0.1) is 0 Å². The van der Waals surface area contributed by atoms with E-state index in [0.29, 0.717) is 18.5 Å². The van der Waals surface area contributed by atoms with E-state index in [4.69, 9.17) is 10.5 Å². The van der Waals surface area contributed by atoms with Crippen molar-refractivity contribution >= 4 is 11.6 Å². The Morgan fingerprint density at radius 3 is 2.62 bits per heavy atom. The van der Waals surface area contributed by atoms with Crippen LogP contribution >= 0.6 is 0 Å². The Morgan fingerprint density at radius 2 is 1.90 bits per heavy atom. The van der Waals surface area contributed by atoms with Gasteiger partial charge in [-0.2, -0.15) is 0 Å². The van der Waals surface area contributed by atoms with E-state index in [1.807, 2.05) is 24.3 Å². The number of anilines is 2. The maximum atomic E-state index is 5.99. The molecule has 110 valence electrons. The molecule has 1 aromatic heterocycles. The summed E-state index contributed by atoms with van der Waals surface area (Å²) in [5.74, 6) is 1.42. The smallest absolute Gasteiger partial charge is 0.134 e. The van der Waals surface area contributed by atoms with Crippen molar-refractivity contribution in [2.75, 3.05) is 23.7 Å². The number of hydrogen-bond donors (Lipinski definition) is 1. The third-order valence-corrected chi connectivity index (χ3v) is 3.77. The molecule has 0 bridgehead atoms. The summed E-state index contributed by atoms with van der Waals surface area (Å²) in [4.78, 5) is 10.4. The van der Waals surface area contributed by atoms with E-state index in [1.165, 1.54) is 11.9 Å². The van der Waals surface area contributed by atoms with Gasteiger partial charge in [0.2, 0.25) is 0 Å². The molecule has 21 heavy (non-hydrogen) atoms. The molecule has 1 aliphatic rings. The molecule has 5 nitrogen and oxygen atoms in total. The van der Waals surface area contributed by atoms with Gasteiger partial charge in [-0.3, -0.25) is 0 Å². The molecular formula is C16H20N4O. The van der Waals surface area contributed by atoms with Gasteiger partial charge in [-0.05, 0) is 18.4 Å². The van der Waals surface area contributed by atoms with Crippen molar-refractivity contribution in [3.63, 3.8) is 0 Å². The maximum absolute atomic E-state index is 5.99. The lowest BCUT2D eigenvalue weighted by Gasteiger charge is -2.32. The number of aromatic nitrogens is 2. The zero-order chi connectivity index (χ0) is 14.5. The van der Waals surface area contributed by atoms with Gasteiger partial charge in [0.1, 0.15) is 18.0 Å². The van der Waals surface area contributed by atoms with Crippen LogP contribution < -0.4 is 10.6 Å². The predicted octanol–water partition coefficient (Wildman–Crippen LogP) is 2.24. The van der Waals surface area contributed by atoms with Crippen LogP contribution in [0.3, 0.4) is 0 Å². The van der Waals surface area contributed by atoms with Gasteiger partial charge in [0, 0.05) is 19.2 Å². The van der Waals surface area contributed by atoms with Crippen molar-refractivity contribution in [3.8, 4) is 0 Å². The van der Waals surface area contributed by atoms with E-state index in [-0.39, 0.29) is 0 Å². The van der Waals surface area contributed by atoms with Crippen molar-refractivity contribution < 1.29 is 4.74 Å². The molecule has 0 spiro atoms. The third-order valence-electron chi connectivity index (χ3n) is 3.77. The topological polar surface area (TPSA) is 64.3 Å². The Kier molecular flexibility index (Phi) is 4.31. The first-order valence-electron chi connectivity index (χ1n) is 7.29. The first-order chi connectivity index (χ1) is 10.3. The fraction of sp³-hybridized carbons (Fsp3) is 0.375. The molecule has 0 unspecified atom stereocenters. The van der Waals surface area contributed by atoms with Gasteiger partial charge in [-0.15, -0.1) is 0 Å². The van der Waals surface area contributed by atoms with Gasteiger partial charge in [-0.25, -0.2) is 9.97 Å². The second-order valence-corrected chi connectivity index (χ2v) is 5.28. The summed E-state index contributed by atoms with van der Waals surface area (Å²) >= 11 is 0. The average molecular weight is 284 g/mol. The lowest BCUT2D eigenvalue weighted by Crippen LogP contribution is -2.37. The summed E-state index contributed by atoms with van der Waals surface area (Å²) in [7, 11) is 0. The molecule has 1 aliphatic heterocycles. The van der Waals surface area contributed by atoms with Crippen molar-refractivity contribution in [2.45, 2.75) is 25.6 Å². The molecule has 0 saturated carbocycles. The normalized spacial score (nSPS) is 16.1. The highest BCUT2D eigenvalue weighted by Crippen LogP contribution is 2.21. The summed E-state index contributed by atoms with van der Waals surface area (Å²) in [6.07, 6.45) is 3.86. The van der Waals surface area contributed by atoms with Gasteiger partial charge in [0.15, 0.2) is 0 Å². The van der Waals surface area contributed by atoms with Crippen LogP contribution in [0.2, 0.25) is 0 Å². The molecular weight excluding hydrogens is 264 g/mol. The van der Waals surface area contributed by atoms with Crippen LogP contribution in [-0.2, 0) is 11.3 Å². The SMILES string of the molecule is Nc1cc(N2CCC(OCc3ccccc3)CC2)ncn1. The molecule has 0 aliphatic carbocycles. The minimum Gasteiger partial charge on any atom is -0.384 e. The Hall–Kier alpha value is -2.14. The number of nitrogen functional groups attached to an aromatic ring is 1. The number of piperidine rings is 1. The van der Waals surface area contributed by atoms with E-state index in [9.17, 15) is 0 Å². The first kappa shape index (κ1) is 13.8. The standard InChI is InChI=1S/C16H20N4O/c17-15-10-16(19-12-18-15)20-8-6-14(7-9-20)21-11-13-4-2-1-3-5-13/h1-5,10,12,14H,6-9,11H2,(H2,17,18,19). The molecule has 2 heterocycles. The van der Waals surface area contributed by atoms with Gasteiger partial charge in [-0.1, -0.05) is 30.3 Å². The van der Waals surface area contributed by atoms with Crippen LogP contribution in [-0.4, -0.2) is 29.2 Å². The lowest BCUT2D eigenvalue weighted by molar-refractivity contribution is 0.0250. The molecule has 1 aromatic carbocycles. The fourth-order valence-electron chi connectivity index (χ4n) is 2.57. The molecule has 2 N–H and O–H groups in total. The van der Waals surface area contributed by atoms with Crippen molar-refractivity contribution in [1.29, 1.82) is 0 Å². The zero-order valence-electron chi connectivity index (χ0n) is 12.0. The summed E-state index contributed by atoms with van der Waals surface area (Å²) in [6, 6.07) is 12.1. The van der Waals surface area contributed by atoms with E-state index in [2.05, 4.69) is 27.0 Å². The van der Waals surface area contributed by atoms with Gasteiger partial charge >= 0.3 is 0 Å². The van der Waals surface area contributed by atoms with E-state index in [1.54, 1.807) is 0 Å². The van der Waals surface area contributed by atoms with Gasteiger partial charge in [0.05, 0.1) is 12.7 Å². The van der Waals surface area contributed by atoms with Gasteiger partial charge in [0.25, 0.3) is 0 Å². The van der Waals surface area contributed by atoms with E-state index >= 15 is 0 Å². The number of rotatable bonds is 4. The predicted molar refractivity (Wildman–Crippen MR) is 82.9 cm³/mol. The highest BCUT2D eigenvalue weighted by molar-refractivity contribution is 5.46. The average Bonchev–Trinajstić information content (AvgIpc) is 2.54. The summed E-state index contributed by atoms with van der Waals surface area (Å²) in [6.45, 7) is 2.57. The van der Waals surface area contributed by atoms with Crippen LogP contribution in [0.5, 0.6) is 0 Å². The number of hydrogen-bond acceptors (Lipinski definition) is 5. The molecule has 0 atom stereocenters. The van der Waals surface area contributed by atoms with Crippen molar-refractivity contribution in [2.24, 2.45) is 0 Å². The second kappa shape index (κ2) is 6.54. The number of ether oxygens (including phenoxy) is 1. The Labute approximate surface area is 124 Å². The Bertz CT molecular complexity index is 567. The molecule has 0 amide bonds. The minimum atomic E-state index is 0.320. The van der Waals surface area contributed by atoms with Crippen molar-refractivity contribution in [1.82, 2.24) is 9.97 Å². The van der Waals surface area contributed by atoms with E-state index in [0.717, 1.165) is 31.7 Å². The molecule has 0 radical (unpaired) electrons. The Morgan fingerprint density at radius 1 is 1.14 bits per heavy atom. The van der Waals surface area contributed by atoms with Crippen molar-refractivity contribution in [3.05, 3.63) is 48.3 Å². The van der Waals surface area contributed by atoms with Crippen LogP contribution in [0.4, 0.5) is 11.6 Å². The second-order valence-electron chi connectivity index (χ2n) is 5.28. The highest BCUT2D eigenvalue weighted by Gasteiger charge is 2.20. The molecule has 1 saturated heterocycles. The number of nitrogens with two attached hydrogens (primary N) is 1. The highest BCUT2D eigenvalue weighted by atomic mass is 16.5. The monoisotopic (exact) mass is 284 g/mol. The number of benzene rings is 1. The van der Waals surface area contributed by atoms with Crippen LogP contribution in [0.25, 0.3) is 0 Å². The largest absolute Gasteiger partial charge is 0.384 e. The van der Waals surface area contributed by atoms with Crippen LogP contribution in [0.1, 0.15) is 18.4 Å². The molecule has 1 fully saturated rings. The maximum Gasteiger partial charge on any atom is 0.134 e. The molecule has 3 rings (SSSR count). The summed E-state index contributed by atoms with van der Waals surface area (Å²) < 4.78 is 5.99. The van der Waals surface area contributed by atoms with E-state index < -0.39 is 0 Å².